The predicted molar refractivity (Wildman–Crippen MR) is 134 cm³/mol. The van der Waals surface area contributed by atoms with Crippen LogP contribution < -0.4 is 21.3 Å². The molecule has 34 heavy (non-hydrogen) atoms. The van der Waals surface area contributed by atoms with Gasteiger partial charge in [-0.15, -0.1) is 0 Å². The molecule has 1 aliphatic heterocycles. The van der Waals surface area contributed by atoms with Crippen LogP contribution in [0.25, 0.3) is 0 Å². The first kappa shape index (κ1) is 21.7. The molecule has 0 spiro atoms. The summed E-state index contributed by atoms with van der Waals surface area (Å²) in [6, 6.07) is 11.0. The summed E-state index contributed by atoms with van der Waals surface area (Å²) in [4.78, 5) is 18.7. The number of ether oxygens (including phenoxy) is 1. The number of primary amides is 1. The van der Waals surface area contributed by atoms with Crippen LogP contribution in [-0.2, 0) is 16.0 Å². The van der Waals surface area contributed by atoms with Gasteiger partial charge in [-0.2, -0.15) is 0 Å². The van der Waals surface area contributed by atoms with E-state index in [2.05, 4.69) is 50.8 Å². The van der Waals surface area contributed by atoms with Gasteiger partial charge in [0, 0.05) is 54.0 Å². The molecule has 1 amide bonds. The summed E-state index contributed by atoms with van der Waals surface area (Å²) in [5, 5.41) is 7.32. The summed E-state index contributed by atoms with van der Waals surface area (Å²) < 4.78 is 5.46. The number of morpholine rings is 1. The van der Waals surface area contributed by atoms with E-state index in [1.165, 1.54) is 37.8 Å². The fraction of sp³-hybridized carbons (Fsp3) is 0.556. The molecule has 4 saturated carbocycles. The normalized spacial score (nSPS) is 29.8. The highest BCUT2D eigenvalue weighted by atomic mass is 16.5. The fourth-order valence-corrected chi connectivity index (χ4v) is 7.08. The number of nitrogens with one attached hydrogen (secondary N) is 2. The van der Waals surface area contributed by atoms with Gasteiger partial charge in [-0.1, -0.05) is 0 Å². The molecule has 180 valence electrons. The van der Waals surface area contributed by atoms with Crippen LogP contribution in [0.4, 0.5) is 22.9 Å². The molecule has 0 radical (unpaired) electrons. The molecular weight excluding hydrogens is 426 g/mol. The monoisotopic (exact) mass is 461 g/mol. The third-order valence-corrected chi connectivity index (χ3v) is 8.42. The third kappa shape index (κ3) is 4.45. The van der Waals surface area contributed by atoms with Crippen molar-refractivity contribution in [2.75, 3.05) is 41.8 Å². The van der Waals surface area contributed by atoms with Crippen molar-refractivity contribution in [3.05, 3.63) is 42.1 Å². The molecule has 0 atom stereocenters. The predicted octanol–water partition coefficient (Wildman–Crippen LogP) is 3.93. The number of hydrogen-bond acceptors (Lipinski definition) is 6. The van der Waals surface area contributed by atoms with Crippen LogP contribution in [0.3, 0.4) is 0 Å². The number of rotatable bonds is 7. The van der Waals surface area contributed by atoms with Crippen molar-refractivity contribution in [1.29, 1.82) is 0 Å². The standard InChI is InChI=1S/C27H35N5O2/c28-25(33)14-21-16-29-26(30-22-1-3-23(4-2-22)32-5-7-34-8-6-32)15-24(21)31-27-19-10-17-9-18(12-19)13-20(27)11-17/h1-4,15-20,27H,5-14H2,(H2,28,33)(H2,29,30,31). The smallest absolute Gasteiger partial charge is 0.221 e. The van der Waals surface area contributed by atoms with Gasteiger partial charge in [-0.3, -0.25) is 4.79 Å². The molecule has 0 unspecified atom stereocenters. The van der Waals surface area contributed by atoms with Gasteiger partial charge in [0.25, 0.3) is 0 Å². The number of aromatic nitrogens is 1. The van der Waals surface area contributed by atoms with Gasteiger partial charge in [-0.25, -0.2) is 4.98 Å². The van der Waals surface area contributed by atoms with Gasteiger partial charge in [0.05, 0.1) is 19.6 Å². The zero-order valence-corrected chi connectivity index (χ0v) is 19.7. The summed E-state index contributed by atoms with van der Waals surface area (Å²) >= 11 is 0. The number of amides is 1. The van der Waals surface area contributed by atoms with Crippen LogP contribution in [0.2, 0.25) is 0 Å². The number of nitrogens with zero attached hydrogens (tertiary/aromatic N) is 2. The zero-order chi connectivity index (χ0) is 23.1. The second kappa shape index (κ2) is 9.10. The summed E-state index contributed by atoms with van der Waals surface area (Å²) in [5.74, 6) is 3.81. The Labute approximate surface area is 201 Å². The molecule has 2 aromatic rings. The average Bonchev–Trinajstić information content (AvgIpc) is 2.83. The van der Waals surface area contributed by atoms with Crippen LogP contribution in [-0.4, -0.2) is 43.2 Å². The van der Waals surface area contributed by atoms with Crippen LogP contribution in [0.1, 0.15) is 37.7 Å². The highest BCUT2D eigenvalue weighted by Crippen LogP contribution is 2.54. The molecule has 7 heteroatoms. The molecule has 1 saturated heterocycles. The topological polar surface area (TPSA) is 92.5 Å². The molecule has 7 nitrogen and oxygen atoms in total. The minimum Gasteiger partial charge on any atom is -0.381 e. The number of hydrogen-bond donors (Lipinski definition) is 3. The van der Waals surface area contributed by atoms with Gasteiger partial charge in [0.2, 0.25) is 5.91 Å². The summed E-state index contributed by atoms with van der Waals surface area (Å²) in [7, 11) is 0. The van der Waals surface area contributed by atoms with Crippen molar-refractivity contribution in [2.24, 2.45) is 29.4 Å². The van der Waals surface area contributed by atoms with Crippen molar-refractivity contribution in [3.8, 4) is 0 Å². The lowest BCUT2D eigenvalue weighted by atomic mass is 9.54. The van der Waals surface area contributed by atoms with Crippen LogP contribution in [0, 0.1) is 23.7 Å². The minimum atomic E-state index is -0.325. The Hall–Kier alpha value is -2.80. The van der Waals surface area contributed by atoms with E-state index in [1.54, 1.807) is 6.20 Å². The third-order valence-electron chi connectivity index (χ3n) is 8.42. The molecule has 4 bridgehead atoms. The number of carbonyl (C=O) groups is 1. The molecule has 5 aliphatic rings. The number of nitrogens with two attached hydrogens (primary N) is 1. The Morgan fingerprint density at radius 2 is 1.71 bits per heavy atom. The first-order valence-corrected chi connectivity index (χ1v) is 12.8. The van der Waals surface area contributed by atoms with E-state index in [0.29, 0.717) is 6.04 Å². The number of pyridine rings is 1. The average molecular weight is 462 g/mol. The van der Waals surface area contributed by atoms with Crippen molar-refractivity contribution < 1.29 is 9.53 Å². The van der Waals surface area contributed by atoms with Crippen molar-refractivity contribution >= 4 is 28.8 Å². The molecule has 4 N–H and O–H groups in total. The first-order valence-electron chi connectivity index (χ1n) is 12.8. The largest absolute Gasteiger partial charge is 0.381 e. The Morgan fingerprint density at radius 3 is 2.35 bits per heavy atom. The maximum atomic E-state index is 11.7. The van der Waals surface area contributed by atoms with Crippen LogP contribution in [0.15, 0.2) is 36.5 Å². The molecule has 4 aliphatic carbocycles. The number of carbonyl (C=O) groups excluding carboxylic acids is 1. The Morgan fingerprint density at radius 1 is 1.03 bits per heavy atom. The highest BCUT2D eigenvalue weighted by molar-refractivity contribution is 5.79. The fourth-order valence-electron chi connectivity index (χ4n) is 7.08. The summed E-state index contributed by atoms with van der Waals surface area (Å²) in [6.45, 7) is 3.41. The summed E-state index contributed by atoms with van der Waals surface area (Å²) in [6.07, 6.45) is 8.84. The molecule has 5 fully saturated rings. The zero-order valence-electron chi connectivity index (χ0n) is 19.7. The Bertz CT molecular complexity index is 1010. The second-order valence-electron chi connectivity index (χ2n) is 10.7. The van der Waals surface area contributed by atoms with Gasteiger partial charge in [-0.05, 0) is 80.0 Å². The molecule has 2 heterocycles. The lowest BCUT2D eigenvalue weighted by Gasteiger charge is -2.54. The van der Waals surface area contributed by atoms with E-state index in [4.69, 9.17) is 10.5 Å². The second-order valence-corrected chi connectivity index (χ2v) is 10.7. The molecule has 7 rings (SSSR count). The van der Waals surface area contributed by atoms with E-state index >= 15 is 0 Å². The van der Waals surface area contributed by atoms with E-state index in [1.807, 2.05) is 0 Å². The minimum absolute atomic E-state index is 0.206. The van der Waals surface area contributed by atoms with Crippen LogP contribution in [0.5, 0.6) is 0 Å². The Balaban J connectivity index is 1.20. The molecular formula is C27H35N5O2. The highest BCUT2D eigenvalue weighted by Gasteiger charge is 2.48. The lowest BCUT2D eigenvalue weighted by molar-refractivity contribution is -0.117. The van der Waals surface area contributed by atoms with E-state index < -0.39 is 0 Å². The van der Waals surface area contributed by atoms with E-state index in [0.717, 1.165) is 72.7 Å². The SMILES string of the molecule is NC(=O)Cc1cnc(Nc2ccc(N3CCOCC3)cc2)cc1NC1C2CC3CC(C2)CC1C3. The first-order chi connectivity index (χ1) is 16.6. The van der Waals surface area contributed by atoms with Gasteiger partial charge in [0.1, 0.15) is 5.82 Å². The van der Waals surface area contributed by atoms with Crippen molar-refractivity contribution in [3.63, 3.8) is 0 Å². The number of anilines is 4. The van der Waals surface area contributed by atoms with Gasteiger partial charge >= 0.3 is 0 Å². The lowest BCUT2D eigenvalue weighted by Crippen LogP contribution is -2.51. The van der Waals surface area contributed by atoms with Gasteiger partial charge < -0.3 is 26.0 Å². The van der Waals surface area contributed by atoms with E-state index in [9.17, 15) is 4.79 Å². The van der Waals surface area contributed by atoms with Gasteiger partial charge in [0.15, 0.2) is 0 Å². The van der Waals surface area contributed by atoms with Crippen molar-refractivity contribution in [2.45, 2.75) is 44.6 Å². The maximum absolute atomic E-state index is 11.7. The maximum Gasteiger partial charge on any atom is 0.221 e. The Kier molecular flexibility index (Phi) is 5.81. The summed E-state index contributed by atoms with van der Waals surface area (Å²) in [5.41, 5.74) is 9.64. The van der Waals surface area contributed by atoms with Crippen molar-refractivity contribution in [1.82, 2.24) is 4.98 Å². The number of benzene rings is 1. The molecule has 1 aromatic heterocycles. The molecule has 1 aromatic carbocycles. The quantitative estimate of drug-likeness (QED) is 0.579. The van der Waals surface area contributed by atoms with E-state index in [-0.39, 0.29) is 12.3 Å². The van der Waals surface area contributed by atoms with Crippen LogP contribution >= 0.6 is 0 Å².